The second kappa shape index (κ2) is 3.46. The summed E-state index contributed by atoms with van der Waals surface area (Å²) >= 11 is 0. The maximum Gasteiger partial charge on any atom is 0.316 e. The van der Waals surface area contributed by atoms with Gasteiger partial charge in [-0.05, 0) is 18.6 Å². The van der Waals surface area contributed by atoms with Crippen LogP contribution in [0.2, 0.25) is 0 Å². The Kier molecular flexibility index (Phi) is 2.29. The smallest absolute Gasteiger partial charge is 0.316 e. The Morgan fingerprint density at radius 1 is 1.50 bits per heavy atom. The van der Waals surface area contributed by atoms with E-state index in [0.717, 1.165) is 11.3 Å². The van der Waals surface area contributed by atoms with Crippen LogP contribution in [-0.4, -0.2) is 26.5 Å². The summed E-state index contributed by atoms with van der Waals surface area (Å²) in [7, 11) is 3.12. The molecule has 0 spiro atoms. The predicted octanol–water partition coefficient (Wildman–Crippen LogP) is 0.992. The van der Waals surface area contributed by atoms with Gasteiger partial charge >= 0.3 is 5.97 Å². The zero-order chi connectivity index (χ0) is 10.1. The topological polar surface area (TPSA) is 44.8 Å². The van der Waals surface area contributed by atoms with Gasteiger partial charge in [0.25, 0.3) is 0 Å². The van der Waals surface area contributed by atoms with Crippen LogP contribution in [0, 0.1) is 5.92 Å². The Hall–Kier alpha value is -1.29. The Labute approximate surface area is 82.1 Å². The highest BCUT2D eigenvalue weighted by molar-refractivity contribution is 5.80. The maximum absolute atomic E-state index is 11.4. The molecule has 4 heteroatoms. The molecule has 0 radical (unpaired) electrons. The number of allylic oxidation sites excluding steroid dienone is 2. The molecule has 4 nitrogen and oxygen atoms in total. The second-order valence-corrected chi connectivity index (χ2v) is 3.25. The van der Waals surface area contributed by atoms with Crippen LogP contribution in [0.4, 0.5) is 0 Å². The minimum absolute atomic E-state index is 0.182. The number of fused-ring (bicyclic) bond motifs is 1. The number of cyclic esters (lactones) is 1. The first-order chi connectivity index (χ1) is 6.76. The van der Waals surface area contributed by atoms with Crippen molar-refractivity contribution in [2.75, 3.05) is 14.2 Å². The first-order valence-corrected chi connectivity index (χ1v) is 4.45. The molecule has 0 N–H and O–H groups in total. The molecule has 1 saturated heterocycles. The lowest BCUT2D eigenvalue weighted by Gasteiger charge is -2.15. The number of methoxy groups -OCH3 is 2. The molecule has 0 saturated carbocycles. The third kappa shape index (κ3) is 1.32. The number of carbonyl (C=O) groups excluding carboxylic acids is 1. The number of rotatable bonds is 2. The number of hydrogen-bond acceptors (Lipinski definition) is 4. The van der Waals surface area contributed by atoms with Crippen LogP contribution in [0.1, 0.15) is 6.42 Å². The molecule has 1 aliphatic carbocycles. The summed E-state index contributed by atoms with van der Waals surface area (Å²) < 4.78 is 15.2. The van der Waals surface area contributed by atoms with Crippen molar-refractivity contribution < 1.29 is 19.0 Å². The highest BCUT2D eigenvalue weighted by Gasteiger charge is 2.40. The lowest BCUT2D eigenvalue weighted by atomic mass is 9.92. The minimum Gasteiger partial charge on any atom is -0.497 e. The molecule has 2 rings (SSSR count). The predicted molar refractivity (Wildman–Crippen MR) is 48.2 cm³/mol. The molecule has 0 bridgehead atoms. The lowest BCUT2D eigenvalue weighted by Crippen LogP contribution is -2.14. The zero-order valence-corrected chi connectivity index (χ0v) is 8.15. The van der Waals surface area contributed by atoms with Crippen LogP contribution >= 0.6 is 0 Å². The summed E-state index contributed by atoms with van der Waals surface area (Å²) in [6, 6.07) is 0. The van der Waals surface area contributed by atoms with Crippen molar-refractivity contribution in [3.63, 3.8) is 0 Å². The second-order valence-electron chi connectivity index (χ2n) is 3.25. The first kappa shape index (κ1) is 9.27. The molecule has 0 amide bonds. The third-order valence-electron chi connectivity index (χ3n) is 2.50. The van der Waals surface area contributed by atoms with Gasteiger partial charge in [-0.25, -0.2) is 0 Å². The van der Waals surface area contributed by atoms with Gasteiger partial charge in [-0.2, -0.15) is 0 Å². The van der Waals surface area contributed by atoms with E-state index in [9.17, 15) is 4.79 Å². The van der Waals surface area contributed by atoms with E-state index >= 15 is 0 Å². The highest BCUT2D eigenvalue weighted by Crippen LogP contribution is 2.35. The van der Waals surface area contributed by atoms with E-state index in [1.807, 2.05) is 12.2 Å². The average Bonchev–Trinajstić information content (AvgIpc) is 2.55. The number of ether oxygens (including phenoxy) is 3. The van der Waals surface area contributed by atoms with Gasteiger partial charge in [0.15, 0.2) is 0 Å². The van der Waals surface area contributed by atoms with Crippen molar-refractivity contribution in [1.82, 2.24) is 0 Å². The fraction of sp³-hybridized carbons (Fsp3) is 0.500. The number of carbonyl (C=O) groups is 1. The average molecular weight is 196 g/mol. The van der Waals surface area contributed by atoms with Crippen LogP contribution in [0.3, 0.4) is 0 Å². The molecule has 1 heterocycles. The molecule has 0 aromatic carbocycles. The minimum atomic E-state index is -0.536. The van der Waals surface area contributed by atoms with Gasteiger partial charge in [0.05, 0.1) is 13.0 Å². The van der Waals surface area contributed by atoms with Crippen molar-refractivity contribution in [2.24, 2.45) is 5.92 Å². The lowest BCUT2D eigenvalue weighted by molar-refractivity contribution is -0.157. The molecule has 2 aliphatic rings. The van der Waals surface area contributed by atoms with Crippen LogP contribution in [0.5, 0.6) is 0 Å². The number of esters is 1. The largest absolute Gasteiger partial charge is 0.497 e. The van der Waals surface area contributed by atoms with Gasteiger partial charge in [-0.3, -0.25) is 4.79 Å². The van der Waals surface area contributed by atoms with E-state index in [4.69, 9.17) is 14.2 Å². The van der Waals surface area contributed by atoms with Crippen LogP contribution < -0.4 is 0 Å². The zero-order valence-electron chi connectivity index (χ0n) is 8.15. The van der Waals surface area contributed by atoms with Crippen molar-refractivity contribution >= 4 is 5.97 Å². The van der Waals surface area contributed by atoms with Gasteiger partial charge in [0, 0.05) is 12.7 Å². The fourth-order valence-corrected chi connectivity index (χ4v) is 1.74. The Morgan fingerprint density at radius 3 is 2.93 bits per heavy atom. The number of hydrogen-bond donors (Lipinski definition) is 0. The molecular weight excluding hydrogens is 184 g/mol. The maximum atomic E-state index is 11.4. The van der Waals surface area contributed by atoms with E-state index in [1.165, 1.54) is 7.11 Å². The molecule has 14 heavy (non-hydrogen) atoms. The Morgan fingerprint density at radius 2 is 2.29 bits per heavy atom. The molecule has 2 atom stereocenters. The van der Waals surface area contributed by atoms with Crippen molar-refractivity contribution in [3.8, 4) is 0 Å². The van der Waals surface area contributed by atoms with Gasteiger partial charge < -0.3 is 14.2 Å². The van der Waals surface area contributed by atoms with E-state index in [0.29, 0.717) is 6.42 Å². The van der Waals surface area contributed by atoms with E-state index in [1.54, 1.807) is 7.11 Å². The van der Waals surface area contributed by atoms with Crippen LogP contribution in [-0.2, 0) is 19.0 Å². The molecule has 1 aliphatic heterocycles. The molecule has 1 fully saturated rings. The van der Waals surface area contributed by atoms with Gasteiger partial charge in [0.1, 0.15) is 5.76 Å². The van der Waals surface area contributed by atoms with Crippen molar-refractivity contribution in [2.45, 2.75) is 12.7 Å². The van der Waals surface area contributed by atoms with Gasteiger partial charge in [0.2, 0.25) is 6.29 Å². The standard InChI is InChI=1S/C10H12O4/c1-12-6-3-4-7-8(5-6)10(13-2)14-9(7)11/h3,5,7,10H,4H2,1-2H3. The SMILES string of the molecule is COC1=CCC2C(=O)OC(OC)C2=C1. The molecule has 76 valence electrons. The summed E-state index contributed by atoms with van der Waals surface area (Å²) in [6.07, 6.45) is 3.79. The van der Waals surface area contributed by atoms with Crippen LogP contribution in [0.25, 0.3) is 0 Å². The van der Waals surface area contributed by atoms with E-state index in [-0.39, 0.29) is 11.9 Å². The summed E-state index contributed by atoms with van der Waals surface area (Å²) in [5.74, 6) is 0.366. The summed E-state index contributed by atoms with van der Waals surface area (Å²) in [5.41, 5.74) is 0.858. The van der Waals surface area contributed by atoms with E-state index in [2.05, 4.69) is 0 Å². The fourth-order valence-electron chi connectivity index (χ4n) is 1.74. The van der Waals surface area contributed by atoms with Crippen LogP contribution in [0.15, 0.2) is 23.5 Å². The highest BCUT2D eigenvalue weighted by atomic mass is 16.7. The monoisotopic (exact) mass is 196 g/mol. The molecular formula is C10H12O4. The van der Waals surface area contributed by atoms with Crippen molar-refractivity contribution in [3.05, 3.63) is 23.5 Å². The Bertz CT molecular complexity index is 316. The molecule has 2 unspecified atom stereocenters. The molecule has 0 aromatic rings. The van der Waals surface area contributed by atoms with Gasteiger partial charge in [-0.1, -0.05) is 0 Å². The normalized spacial score (nSPS) is 30.3. The summed E-state index contributed by atoms with van der Waals surface area (Å²) in [5, 5.41) is 0. The van der Waals surface area contributed by atoms with E-state index < -0.39 is 6.29 Å². The first-order valence-electron chi connectivity index (χ1n) is 4.45. The summed E-state index contributed by atoms with van der Waals surface area (Å²) in [6.45, 7) is 0. The Balaban J connectivity index is 2.28. The van der Waals surface area contributed by atoms with Crippen molar-refractivity contribution in [1.29, 1.82) is 0 Å². The molecule has 0 aromatic heterocycles. The van der Waals surface area contributed by atoms with Gasteiger partial charge in [-0.15, -0.1) is 0 Å². The summed E-state index contributed by atoms with van der Waals surface area (Å²) in [4.78, 5) is 11.4. The third-order valence-corrected chi connectivity index (χ3v) is 2.50. The quantitative estimate of drug-likeness (QED) is 0.618.